The first-order valence-corrected chi connectivity index (χ1v) is 13.9. The number of rotatable bonds is 9. The second kappa shape index (κ2) is 12.1. The van der Waals surface area contributed by atoms with Crippen LogP contribution in [0.2, 0.25) is 10.0 Å². The van der Waals surface area contributed by atoms with E-state index in [0.717, 1.165) is 61.9 Å². The lowest BCUT2D eigenvalue weighted by molar-refractivity contribution is 0.224. The van der Waals surface area contributed by atoms with Gasteiger partial charge in [-0.2, -0.15) is 0 Å². The number of oxazole rings is 1. The van der Waals surface area contributed by atoms with E-state index in [0.29, 0.717) is 39.6 Å². The SMILES string of the molecule is Clc1ccc(Oc2ccc3nc(-c4ccc(OCCCN5CCN(c6ncc(Cl)cn6)CC5)cc4)oc3c2)cc1. The Morgan fingerprint density at radius 2 is 1.48 bits per heavy atom. The van der Waals surface area contributed by atoms with Crippen LogP contribution in [0, 0.1) is 0 Å². The summed E-state index contributed by atoms with van der Waals surface area (Å²) in [6.45, 7) is 5.38. The van der Waals surface area contributed by atoms with Crippen molar-refractivity contribution in [1.82, 2.24) is 19.9 Å². The smallest absolute Gasteiger partial charge is 0.227 e. The van der Waals surface area contributed by atoms with Crippen molar-refractivity contribution in [1.29, 1.82) is 0 Å². The number of hydrogen-bond donors (Lipinski definition) is 0. The van der Waals surface area contributed by atoms with Crippen LogP contribution in [0.15, 0.2) is 83.5 Å². The van der Waals surface area contributed by atoms with Crippen molar-refractivity contribution in [2.45, 2.75) is 6.42 Å². The number of aromatic nitrogens is 3. The molecule has 1 saturated heterocycles. The average Bonchev–Trinajstić information content (AvgIpc) is 3.41. The van der Waals surface area contributed by atoms with Crippen molar-refractivity contribution in [3.63, 3.8) is 0 Å². The first-order valence-electron chi connectivity index (χ1n) is 13.1. The van der Waals surface area contributed by atoms with E-state index in [-0.39, 0.29) is 0 Å². The highest BCUT2D eigenvalue weighted by Crippen LogP contribution is 2.30. The number of anilines is 1. The molecule has 0 bridgehead atoms. The highest BCUT2D eigenvalue weighted by Gasteiger charge is 2.18. The van der Waals surface area contributed by atoms with E-state index in [4.69, 9.17) is 37.1 Å². The number of benzene rings is 3. The molecular weight excluding hydrogens is 549 g/mol. The van der Waals surface area contributed by atoms with Gasteiger partial charge in [0.05, 0.1) is 24.0 Å². The van der Waals surface area contributed by atoms with Crippen molar-refractivity contribution < 1.29 is 13.9 Å². The minimum Gasteiger partial charge on any atom is -0.494 e. The van der Waals surface area contributed by atoms with E-state index in [2.05, 4.69) is 24.8 Å². The van der Waals surface area contributed by atoms with Crippen molar-refractivity contribution in [3.05, 3.63) is 89.2 Å². The van der Waals surface area contributed by atoms with Gasteiger partial charge >= 0.3 is 0 Å². The minimum atomic E-state index is 0.549. The molecule has 0 unspecified atom stereocenters. The maximum Gasteiger partial charge on any atom is 0.227 e. The molecule has 5 aromatic rings. The Morgan fingerprint density at radius 1 is 0.775 bits per heavy atom. The van der Waals surface area contributed by atoms with E-state index in [9.17, 15) is 0 Å². The first-order chi connectivity index (χ1) is 19.6. The van der Waals surface area contributed by atoms with Gasteiger partial charge in [-0.25, -0.2) is 15.0 Å². The molecule has 1 aliphatic rings. The van der Waals surface area contributed by atoms with Gasteiger partial charge in [0.1, 0.15) is 22.8 Å². The standard InChI is InChI=1S/C30H27Cl2N5O3/c31-22-4-8-25(9-5-22)39-26-10-11-27-28(18-26)40-29(35-27)21-2-6-24(7-3-21)38-17-1-12-36-13-15-37(16-14-36)30-33-19-23(32)20-34-30/h2-11,18-20H,1,12-17H2. The lowest BCUT2D eigenvalue weighted by atomic mass is 10.2. The van der Waals surface area contributed by atoms with Crippen LogP contribution < -0.4 is 14.4 Å². The molecule has 0 radical (unpaired) electrons. The van der Waals surface area contributed by atoms with E-state index in [1.54, 1.807) is 24.5 Å². The summed E-state index contributed by atoms with van der Waals surface area (Å²) >= 11 is 11.8. The van der Waals surface area contributed by atoms with Gasteiger partial charge < -0.3 is 18.8 Å². The Kier molecular flexibility index (Phi) is 7.99. The molecule has 0 N–H and O–H groups in total. The first kappa shape index (κ1) is 26.4. The number of halogens is 2. The zero-order valence-electron chi connectivity index (χ0n) is 21.7. The average molecular weight is 576 g/mol. The van der Waals surface area contributed by atoms with Crippen LogP contribution in [0.4, 0.5) is 5.95 Å². The fourth-order valence-corrected chi connectivity index (χ4v) is 4.77. The normalized spacial score (nSPS) is 14.0. The van der Waals surface area contributed by atoms with Gasteiger partial charge in [0, 0.05) is 49.4 Å². The zero-order valence-corrected chi connectivity index (χ0v) is 23.2. The third-order valence-corrected chi connectivity index (χ3v) is 7.11. The Bertz CT molecular complexity index is 1550. The van der Waals surface area contributed by atoms with Crippen LogP contribution in [-0.2, 0) is 0 Å². The van der Waals surface area contributed by atoms with Gasteiger partial charge in [0.15, 0.2) is 5.58 Å². The number of piperazine rings is 1. The molecule has 8 nitrogen and oxygen atoms in total. The maximum atomic E-state index is 6.02. The molecule has 10 heteroatoms. The molecule has 3 aromatic carbocycles. The molecular formula is C30H27Cl2N5O3. The summed E-state index contributed by atoms with van der Waals surface area (Å²) < 4.78 is 17.9. The highest BCUT2D eigenvalue weighted by atomic mass is 35.5. The summed E-state index contributed by atoms with van der Waals surface area (Å²) in [5.74, 6) is 3.47. The van der Waals surface area contributed by atoms with Crippen molar-refractivity contribution in [3.8, 4) is 28.7 Å². The Balaban J connectivity index is 0.971. The van der Waals surface area contributed by atoms with Crippen LogP contribution in [0.1, 0.15) is 6.42 Å². The quantitative estimate of drug-likeness (QED) is 0.174. The van der Waals surface area contributed by atoms with Crippen molar-refractivity contribution in [2.24, 2.45) is 0 Å². The summed E-state index contributed by atoms with van der Waals surface area (Å²) in [5, 5.41) is 1.22. The van der Waals surface area contributed by atoms with E-state index >= 15 is 0 Å². The molecule has 0 aliphatic carbocycles. The molecule has 0 spiro atoms. The topological polar surface area (TPSA) is 76.8 Å². The maximum absolute atomic E-state index is 6.02. The second-order valence-electron chi connectivity index (χ2n) is 9.46. The molecule has 2 aromatic heterocycles. The van der Waals surface area contributed by atoms with Gasteiger partial charge in [-0.05, 0) is 67.1 Å². The minimum absolute atomic E-state index is 0.549. The van der Waals surface area contributed by atoms with E-state index < -0.39 is 0 Å². The van der Waals surface area contributed by atoms with Gasteiger partial charge in [-0.1, -0.05) is 23.2 Å². The Morgan fingerprint density at radius 3 is 2.23 bits per heavy atom. The zero-order chi connectivity index (χ0) is 27.3. The second-order valence-corrected chi connectivity index (χ2v) is 10.3. The Hall–Kier alpha value is -3.85. The molecule has 3 heterocycles. The molecule has 1 fully saturated rings. The number of ether oxygens (including phenoxy) is 2. The summed E-state index contributed by atoms with van der Waals surface area (Å²) in [7, 11) is 0. The molecule has 0 atom stereocenters. The van der Waals surface area contributed by atoms with E-state index in [1.807, 2.05) is 54.6 Å². The number of nitrogens with zero attached hydrogens (tertiary/aromatic N) is 5. The predicted octanol–water partition coefficient (Wildman–Crippen LogP) is 6.98. The van der Waals surface area contributed by atoms with Crippen molar-refractivity contribution >= 4 is 40.2 Å². The summed E-state index contributed by atoms with van der Waals surface area (Å²) in [4.78, 5) is 17.9. The van der Waals surface area contributed by atoms with Crippen LogP contribution in [0.3, 0.4) is 0 Å². The largest absolute Gasteiger partial charge is 0.494 e. The number of fused-ring (bicyclic) bond motifs is 1. The van der Waals surface area contributed by atoms with Crippen LogP contribution >= 0.6 is 23.2 Å². The Labute approximate surface area is 242 Å². The van der Waals surface area contributed by atoms with Gasteiger partial charge in [0.2, 0.25) is 11.8 Å². The summed E-state index contributed by atoms with van der Waals surface area (Å²) in [5.41, 5.74) is 2.30. The van der Waals surface area contributed by atoms with Gasteiger partial charge in [-0.3, -0.25) is 4.90 Å². The lowest BCUT2D eigenvalue weighted by Gasteiger charge is -2.34. The fourth-order valence-electron chi connectivity index (χ4n) is 4.54. The molecule has 1 aliphatic heterocycles. The van der Waals surface area contributed by atoms with Crippen molar-refractivity contribution in [2.75, 3.05) is 44.2 Å². The molecule has 0 amide bonds. The van der Waals surface area contributed by atoms with Crippen LogP contribution in [0.5, 0.6) is 17.2 Å². The molecule has 204 valence electrons. The molecule has 6 rings (SSSR count). The third kappa shape index (κ3) is 6.47. The van der Waals surface area contributed by atoms with Crippen LogP contribution in [0.25, 0.3) is 22.6 Å². The predicted molar refractivity (Wildman–Crippen MR) is 157 cm³/mol. The fraction of sp³-hybridized carbons (Fsp3) is 0.233. The van der Waals surface area contributed by atoms with Crippen LogP contribution in [-0.4, -0.2) is 59.2 Å². The van der Waals surface area contributed by atoms with Gasteiger partial charge in [0.25, 0.3) is 0 Å². The number of hydrogen-bond acceptors (Lipinski definition) is 8. The molecule has 40 heavy (non-hydrogen) atoms. The lowest BCUT2D eigenvalue weighted by Crippen LogP contribution is -2.47. The van der Waals surface area contributed by atoms with Gasteiger partial charge in [-0.15, -0.1) is 0 Å². The molecule has 0 saturated carbocycles. The summed E-state index contributed by atoms with van der Waals surface area (Å²) in [6, 6.07) is 20.6. The van der Waals surface area contributed by atoms with E-state index in [1.165, 1.54) is 0 Å². The summed E-state index contributed by atoms with van der Waals surface area (Å²) in [6.07, 6.45) is 4.23. The monoisotopic (exact) mass is 575 g/mol. The highest BCUT2D eigenvalue weighted by molar-refractivity contribution is 6.30. The third-order valence-electron chi connectivity index (χ3n) is 6.66.